The number of halogens is 3. The molecule has 0 heterocycles. The predicted octanol–water partition coefficient (Wildman–Crippen LogP) is 3.95. The van der Waals surface area contributed by atoms with E-state index in [1.54, 1.807) is 0 Å². The molecule has 0 atom stereocenters. The summed E-state index contributed by atoms with van der Waals surface area (Å²) in [6.45, 7) is 1.34. The van der Waals surface area contributed by atoms with Gasteiger partial charge in [-0.05, 0) is 30.5 Å². The van der Waals surface area contributed by atoms with E-state index in [2.05, 4.69) is 4.90 Å². The van der Waals surface area contributed by atoms with Gasteiger partial charge in [-0.3, -0.25) is 4.90 Å². The summed E-state index contributed by atoms with van der Waals surface area (Å²) in [5.74, 6) is -0.474. The molecule has 0 aliphatic heterocycles. The summed E-state index contributed by atoms with van der Waals surface area (Å²) in [4.78, 5) is 2.24. The topological polar surface area (TPSA) is 3.24 Å². The zero-order valence-corrected chi connectivity index (χ0v) is 11.1. The van der Waals surface area contributed by atoms with E-state index >= 15 is 0 Å². The van der Waals surface area contributed by atoms with E-state index in [1.807, 2.05) is 0 Å². The fourth-order valence-corrected chi connectivity index (χ4v) is 2.92. The van der Waals surface area contributed by atoms with Crippen LogP contribution in [0.4, 0.5) is 8.78 Å². The first-order valence-electron chi connectivity index (χ1n) is 6.44. The van der Waals surface area contributed by atoms with Gasteiger partial charge in [-0.2, -0.15) is 0 Å². The molecule has 1 saturated carbocycles. The Kier molecular flexibility index (Phi) is 4.95. The number of hydrogen-bond donors (Lipinski definition) is 0. The number of nitrogens with zero attached hydrogens (tertiary/aromatic N) is 1. The Labute approximate surface area is 112 Å². The van der Waals surface area contributed by atoms with E-state index in [0.717, 1.165) is 25.5 Å². The summed E-state index contributed by atoms with van der Waals surface area (Å²) < 4.78 is 26.3. The summed E-state index contributed by atoms with van der Waals surface area (Å²) in [7, 11) is 0. The monoisotopic (exact) mass is 273 g/mol. The Morgan fingerprint density at radius 2 is 1.72 bits per heavy atom. The van der Waals surface area contributed by atoms with E-state index in [0.29, 0.717) is 24.0 Å². The van der Waals surface area contributed by atoms with Gasteiger partial charge in [0.25, 0.3) is 0 Å². The largest absolute Gasteiger partial charge is 0.295 e. The minimum atomic E-state index is -0.512. The quantitative estimate of drug-likeness (QED) is 0.735. The summed E-state index contributed by atoms with van der Waals surface area (Å²) in [6.07, 6.45) is 4.80. The molecule has 0 saturated heterocycles. The molecular formula is C14H18ClF2N. The van der Waals surface area contributed by atoms with Crippen molar-refractivity contribution in [3.8, 4) is 0 Å². The first-order chi connectivity index (χ1) is 8.69. The molecule has 2 rings (SSSR count). The third-order valence-electron chi connectivity index (χ3n) is 3.52. The van der Waals surface area contributed by atoms with Crippen molar-refractivity contribution in [1.29, 1.82) is 0 Å². The lowest BCUT2D eigenvalue weighted by Crippen LogP contribution is -2.34. The van der Waals surface area contributed by atoms with Crippen LogP contribution in [0.3, 0.4) is 0 Å². The van der Waals surface area contributed by atoms with Gasteiger partial charge in [0.1, 0.15) is 11.6 Å². The smallest absolute Gasteiger partial charge is 0.126 e. The van der Waals surface area contributed by atoms with Crippen molar-refractivity contribution in [2.75, 3.05) is 12.4 Å². The second kappa shape index (κ2) is 6.48. The van der Waals surface area contributed by atoms with Crippen molar-refractivity contribution >= 4 is 11.6 Å². The molecule has 1 fully saturated rings. The Bertz CT molecular complexity index is 371. The van der Waals surface area contributed by atoms with Crippen LogP contribution in [0.2, 0.25) is 0 Å². The molecule has 0 spiro atoms. The fourth-order valence-electron chi connectivity index (χ4n) is 2.71. The third-order valence-corrected chi connectivity index (χ3v) is 3.69. The van der Waals surface area contributed by atoms with Gasteiger partial charge in [0.2, 0.25) is 0 Å². The van der Waals surface area contributed by atoms with Crippen LogP contribution >= 0.6 is 11.6 Å². The summed E-state index contributed by atoms with van der Waals surface area (Å²) in [5, 5.41) is 0. The van der Waals surface area contributed by atoms with Gasteiger partial charge in [0.15, 0.2) is 0 Å². The van der Waals surface area contributed by atoms with Gasteiger partial charge >= 0.3 is 0 Å². The average molecular weight is 274 g/mol. The molecule has 0 unspecified atom stereocenters. The minimum absolute atomic E-state index is 0.509. The van der Waals surface area contributed by atoms with Crippen molar-refractivity contribution in [2.45, 2.75) is 38.3 Å². The van der Waals surface area contributed by atoms with Gasteiger partial charge in [-0.25, -0.2) is 8.78 Å². The third kappa shape index (κ3) is 3.66. The highest BCUT2D eigenvalue weighted by atomic mass is 35.5. The lowest BCUT2D eigenvalue weighted by Gasteiger charge is -2.28. The lowest BCUT2D eigenvalue weighted by atomic mass is 10.1. The molecule has 1 aromatic rings. The second-order valence-corrected chi connectivity index (χ2v) is 5.25. The van der Waals surface area contributed by atoms with Crippen LogP contribution in [-0.2, 0) is 6.54 Å². The molecule has 0 N–H and O–H groups in total. The molecule has 1 aromatic carbocycles. The Balaban J connectivity index is 2.07. The zero-order chi connectivity index (χ0) is 13.0. The number of rotatable bonds is 5. The summed E-state index contributed by atoms with van der Waals surface area (Å²) >= 11 is 5.81. The SMILES string of the molecule is Fc1cc(F)cc(CN(CCCl)C2CCCC2)c1. The van der Waals surface area contributed by atoms with Crippen LogP contribution in [0, 0.1) is 11.6 Å². The molecule has 0 amide bonds. The first-order valence-corrected chi connectivity index (χ1v) is 6.97. The minimum Gasteiger partial charge on any atom is -0.295 e. The number of alkyl halides is 1. The van der Waals surface area contributed by atoms with Crippen molar-refractivity contribution in [1.82, 2.24) is 4.90 Å². The van der Waals surface area contributed by atoms with E-state index in [4.69, 9.17) is 11.6 Å². The Morgan fingerprint density at radius 1 is 1.11 bits per heavy atom. The molecule has 0 aromatic heterocycles. The zero-order valence-electron chi connectivity index (χ0n) is 10.3. The normalized spacial score (nSPS) is 16.7. The standard InChI is InChI=1S/C14H18ClF2N/c15-5-6-18(14-3-1-2-4-14)10-11-7-12(16)9-13(17)8-11/h7-9,14H,1-6,10H2. The van der Waals surface area contributed by atoms with Crippen LogP contribution in [0.1, 0.15) is 31.2 Å². The maximum atomic E-state index is 13.2. The van der Waals surface area contributed by atoms with Crippen LogP contribution in [0.15, 0.2) is 18.2 Å². The van der Waals surface area contributed by atoms with Crippen LogP contribution in [-0.4, -0.2) is 23.4 Å². The molecular weight excluding hydrogens is 256 g/mol. The van der Waals surface area contributed by atoms with Crippen LogP contribution in [0.5, 0.6) is 0 Å². The van der Waals surface area contributed by atoms with Gasteiger partial charge in [-0.1, -0.05) is 12.8 Å². The van der Waals surface area contributed by atoms with E-state index in [1.165, 1.54) is 25.0 Å². The van der Waals surface area contributed by atoms with Crippen LogP contribution in [0.25, 0.3) is 0 Å². The molecule has 0 bridgehead atoms. The summed E-state index contributed by atoms with van der Waals surface area (Å²) in [6, 6.07) is 4.22. The van der Waals surface area contributed by atoms with Gasteiger partial charge in [0.05, 0.1) is 0 Å². The highest BCUT2D eigenvalue weighted by Crippen LogP contribution is 2.25. The predicted molar refractivity (Wildman–Crippen MR) is 69.7 cm³/mol. The molecule has 18 heavy (non-hydrogen) atoms. The highest BCUT2D eigenvalue weighted by Gasteiger charge is 2.22. The fraction of sp³-hybridized carbons (Fsp3) is 0.571. The molecule has 1 aliphatic carbocycles. The molecule has 4 heteroatoms. The van der Waals surface area contributed by atoms with Crippen molar-refractivity contribution in [2.24, 2.45) is 0 Å². The van der Waals surface area contributed by atoms with Gasteiger partial charge < -0.3 is 0 Å². The van der Waals surface area contributed by atoms with Gasteiger partial charge in [0, 0.05) is 31.1 Å². The summed E-state index contributed by atoms with van der Waals surface area (Å²) in [5.41, 5.74) is 0.685. The Morgan fingerprint density at radius 3 is 2.28 bits per heavy atom. The maximum Gasteiger partial charge on any atom is 0.126 e. The maximum absolute atomic E-state index is 13.2. The van der Waals surface area contributed by atoms with Crippen molar-refractivity contribution < 1.29 is 8.78 Å². The molecule has 0 radical (unpaired) electrons. The van der Waals surface area contributed by atoms with Crippen LogP contribution < -0.4 is 0 Å². The molecule has 1 aliphatic rings. The average Bonchev–Trinajstić information content (AvgIpc) is 2.80. The van der Waals surface area contributed by atoms with E-state index < -0.39 is 11.6 Å². The van der Waals surface area contributed by atoms with Crippen molar-refractivity contribution in [3.63, 3.8) is 0 Å². The molecule has 100 valence electrons. The number of benzene rings is 1. The second-order valence-electron chi connectivity index (χ2n) is 4.88. The van der Waals surface area contributed by atoms with E-state index in [9.17, 15) is 8.78 Å². The lowest BCUT2D eigenvalue weighted by molar-refractivity contribution is 0.201. The number of hydrogen-bond acceptors (Lipinski definition) is 1. The molecule has 1 nitrogen and oxygen atoms in total. The Hall–Kier alpha value is -0.670. The van der Waals surface area contributed by atoms with Gasteiger partial charge in [-0.15, -0.1) is 11.6 Å². The first kappa shape index (κ1) is 13.8. The van der Waals surface area contributed by atoms with E-state index in [-0.39, 0.29) is 0 Å². The highest BCUT2D eigenvalue weighted by molar-refractivity contribution is 6.18. The van der Waals surface area contributed by atoms with Crippen molar-refractivity contribution in [3.05, 3.63) is 35.4 Å².